The van der Waals surface area contributed by atoms with Crippen molar-refractivity contribution in [2.45, 2.75) is 43.9 Å². The third-order valence-electron chi connectivity index (χ3n) is 13.5. The molecule has 0 aliphatic heterocycles. The van der Waals surface area contributed by atoms with Gasteiger partial charge in [0, 0.05) is 38.7 Å². The molecule has 4 nitrogen and oxygen atoms in total. The second-order valence-electron chi connectivity index (χ2n) is 16.9. The molecule has 270 valence electrons. The molecule has 4 aliphatic rings. The lowest BCUT2D eigenvalue weighted by molar-refractivity contribution is -0.00513. The van der Waals surface area contributed by atoms with Crippen molar-refractivity contribution < 1.29 is 4.42 Å². The van der Waals surface area contributed by atoms with Crippen LogP contribution in [0.25, 0.3) is 83.4 Å². The number of pyridine rings is 1. The molecule has 6 aromatic carbocycles. The van der Waals surface area contributed by atoms with Gasteiger partial charge >= 0.3 is 0 Å². The first-order chi connectivity index (χ1) is 27.7. The van der Waals surface area contributed by atoms with E-state index in [4.69, 9.17) is 14.4 Å². The van der Waals surface area contributed by atoms with Crippen molar-refractivity contribution in [1.29, 1.82) is 0 Å². The Hall–Kier alpha value is -6.26. The zero-order valence-electron chi connectivity index (χ0n) is 31.2. The molecule has 0 atom stereocenters. The molecule has 4 fully saturated rings. The molecule has 0 amide bonds. The van der Waals surface area contributed by atoms with Gasteiger partial charge in [0.2, 0.25) is 0 Å². The van der Waals surface area contributed by atoms with Crippen LogP contribution in [0.4, 0.5) is 0 Å². The van der Waals surface area contributed by atoms with Crippen molar-refractivity contribution >= 4 is 32.9 Å². The maximum Gasteiger partial charge on any atom is 0.182 e. The van der Waals surface area contributed by atoms with Gasteiger partial charge in [-0.3, -0.25) is 0 Å². The molecule has 0 N–H and O–H groups in total. The first kappa shape index (κ1) is 32.0. The summed E-state index contributed by atoms with van der Waals surface area (Å²) < 4.78 is 8.78. The fraction of sp³-hybridized carbons (Fsp3) is 0.192. The monoisotopic (exact) mass is 723 g/mol. The van der Waals surface area contributed by atoms with Crippen LogP contribution >= 0.6 is 0 Å². The van der Waals surface area contributed by atoms with Crippen molar-refractivity contribution in [2.24, 2.45) is 17.8 Å². The molecule has 4 saturated carbocycles. The number of fused-ring (bicyclic) bond motifs is 4. The summed E-state index contributed by atoms with van der Waals surface area (Å²) >= 11 is 0. The standard InChI is InChI=1S/C52H41N3O/c1-4-10-36(11-5-1)46-25-39(26-47(54-46)37-12-6-2-7-13-37)42-20-21-43(51-50(42)53-32-56-51)38-16-18-44-45-19-17-40(52-29-33-22-34(30-52)24-35(23-33)31-52)28-49(45)55(48(44)27-38)41-14-8-3-9-15-41/h1-21,25-28,32-35H,22-24,29-31H2. The van der Waals surface area contributed by atoms with Gasteiger partial charge in [0.1, 0.15) is 5.52 Å². The molecule has 3 aromatic heterocycles. The normalized spacial score (nSPS) is 21.4. The fourth-order valence-corrected chi connectivity index (χ4v) is 11.4. The lowest BCUT2D eigenvalue weighted by Gasteiger charge is -2.57. The smallest absolute Gasteiger partial charge is 0.182 e. The Morgan fingerprint density at radius 3 is 1.73 bits per heavy atom. The van der Waals surface area contributed by atoms with E-state index >= 15 is 0 Å². The Kier molecular flexibility index (Phi) is 7.08. The average molecular weight is 724 g/mol. The Morgan fingerprint density at radius 2 is 1.09 bits per heavy atom. The summed E-state index contributed by atoms with van der Waals surface area (Å²) in [5, 5.41) is 2.58. The summed E-state index contributed by atoms with van der Waals surface area (Å²) in [7, 11) is 0. The zero-order chi connectivity index (χ0) is 36.8. The van der Waals surface area contributed by atoms with Gasteiger partial charge in [-0.2, -0.15) is 0 Å². The molecular weight excluding hydrogens is 683 g/mol. The number of benzene rings is 6. The number of nitrogens with zero attached hydrogens (tertiary/aromatic N) is 3. The van der Waals surface area contributed by atoms with Crippen molar-refractivity contribution in [3.63, 3.8) is 0 Å². The Labute approximate surface area is 326 Å². The van der Waals surface area contributed by atoms with Gasteiger partial charge < -0.3 is 8.98 Å². The highest BCUT2D eigenvalue weighted by atomic mass is 16.3. The minimum absolute atomic E-state index is 0.338. The van der Waals surface area contributed by atoms with Gasteiger partial charge in [0.15, 0.2) is 12.0 Å². The molecule has 56 heavy (non-hydrogen) atoms. The maximum absolute atomic E-state index is 6.28. The van der Waals surface area contributed by atoms with Gasteiger partial charge in [-0.05, 0) is 121 Å². The minimum Gasteiger partial charge on any atom is -0.443 e. The topological polar surface area (TPSA) is 43.9 Å². The predicted molar refractivity (Wildman–Crippen MR) is 228 cm³/mol. The van der Waals surface area contributed by atoms with Gasteiger partial charge in [0.25, 0.3) is 0 Å². The molecule has 4 heteroatoms. The number of para-hydroxylation sites is 1. The highest BCUT2D eigenvalue weighted by Gasteiger charge is 2.51. The number of hydrogen-bond acceptors (Lipinski definition) is 3. The van der Waals surface area contributed by atoms with Crippen molar-refractivity contribution in [2.75, 3.05) is 0 Å². The third kappa shape index (κ3) is 5.05. The van der Waals surface area contributed by atoms with E-state index in [1.165, 1.54) is 66.0 Å². The number of aromatic nitrogens is 3. The van der Waals surface area contributed by atoms with Crippen molar-refractivity contribution in [3.8, 4) is 50.5 Å². The van der Waals surface area contributed by atoms with Crippen LogP contribution in [0, 0.1) is 17.8 Å². The van der Waals surface area contributed by atoms with Crippen LogP contribution in [0.3, 0.4) is 0 Å². The summed E-state index contributed by atoms with van der Waals surface area (Å²) in [4.78, 5) is 9.96. The molecule has 0 saturated heterocycles. The summed E-state index contributed by atoms with van der Waals surface area (Å²) in [6, 6.07) is 54.9. The molecular formula is C52H41N3O. The number of hydrogen-bond donors (Lipinski definition) is 0. The van der Waals surface area contributed by atoms with E-state index < -0.39 is 0 Å². The van der Waals surface area contributed by atoms with E-state index in [9.17, 15) is 0 Å². The SMILES string of the molecule is c1ccc(-c2cc(-c3ccc(-c4ccc5c6ccc(C78CC9CC(CC(C9)C7)C8)cc6n(-c6ccccc6)c5c4)c4ocnc34)cc(-c3ccccc3)n2)cc1. The summed E-state index contributed by atoms with van der Waals surface area (Å²) in [6.45, 7) is 0. The third-order valence-corrected chi connectivity index (χ3v) is 13.5. The van der Waals surface area contributed by atoms with E-state index in [1.54, 1.807) is 12.0 Å². The molecule has 3 heterocycles. The van der Waals surface area contributed by atoms with Gasteiger partial charge in [-0.1, -0.05) is 109 Å². The second-order valence-corrected chi connectivity index (χ2v) is 16.9. The lowest BCUT2D eigenvalue weighted by Crippen LogP contribution is -2.48. The van der Waals surface area contributed by atoms with Crippen LogP contribution in [-0.2, 0) is 5.41 Å². The van der Waals surface area contributed by atoms with Crippen LogP contribution < -0.4 is 0 Å². The van der Waals surface area contributed by atoms with E-state index in [-0.39, 0.29) is 0 Å². The van der Waals surface area contributed by atoms with E-state index in [0.717, 1.165) is 73.6 Å². The van der Waals surface area contributed by atoms with Gasteiger partial charge in [-0.25, -0.2) is 9.97 Å². The fourth-order valence-electron chi connectivity index (χ4n) is 11.4. The van der Waals surface area contributed by atoms with E-state index in [0.29, 0.717) is 5.41 Å². The Balaban J connectivity index is 1.01. The molecule has 9 aromatic rings. The lowest BCUT2D eigenvalue weighted by atomic mass is 9.48. The van der Waals surface area contributed by atoms with Crippen molar-refractivity contribution in [3.05, 3.63) is 164 Å². The molecule has 0 unspecified atom stereocenters. The molecule has 0 radical (unpaired) electrons. The van der Waals surface area contributed by atoms with Gasteiger partial charge in [-0.15, -0.1) is 0 Å². The molecule has 4 bridgehead atoms. The molecule has 0 spiro atoms. The summed E-state index contributed by atoms with van der Waals surface area (Å²) in [6.07, 6.45) is 10.1. The van der Waals surface area contributed by atoms with Crippen LogP contribution in [0.1, 0.15) is 44.1 Å². The molecule has 4 aliphatic carbocycles. The quantitative estimate of drug-likeness (QED) is 0.172. The zero-order valence-corrected chi connectivity index (χ0v) is 31.2. The first-order valence-electron chi connectivity index (χ1n) is 20.3. The number of rotatable bonds is 6. The predicted octanol–water partition coefficient (Wildman–Crippen LogP) is 13.5. The summed E-state index contributed by atoms with van der Waals surface area (Å²) in [5.74, 6) is 2.73. The largest absolute Gasteiger partial charge is 0.443 e. The molecule has 13 rings (SSSR count). The second kappa shape index (κ2) is 12.4. The maximum atomic E-state index is 6.28. The van der Waals surface area contributed by atoms with E-state index in [2.05, 4.69) is 144 Å². The van der Waals surface area contributed by atoms with Crippen LogP contribution in [0.2, 0.25) is 0 Å². The highest BCUT2D eigenvalue weighted by Crippen LogP contribution is 2.61. The highest BCUT2D eigenvalue weighted by molar-refractivity contribution is 6.11. The van der Waals surface area contributed by atoms with Crippen LogP contribution in [-0.4, -0.2) is 14.5 Å². The minimum atomic E-state index is 0.338. The number of oxazole rings is 1. The van der Waals surface area contributed by atoms with Gasteiger partial charge in [0.05, 0.1) is 22.4 Å². The summed E-state index contributed by atoms with van der Waals surface area (Å²) in [5.41, 5.74) is 15.4. The average Bonchev–Trinajstić information content (AvgIpc) is 3.87. The Bertz CT molecular complexity index is 2850. The van der Waals surface area contributed by atoms with Crippen LogP contribution in [0.15, 0.2) is 162 Å². The van der Waals surface area contributed by atoms with Crippen LogP contribution in [0.5, 0.6) is 0 Å². The Morgan fingerprint density at radius 1 is 0.518 bits per heavy atom. The van der Waals surface area contributed by atoms with Crippen molar-refractivity contribution in [1.82, 2.24) is 14.5 Å². The van der Waals surface area contributed by atoms with E-state index in [1.807, 2.05) is 12.1 Å². The first-order valence-corrected chi connectivity index (χ1v) is 20.3.